The zero-order valence-corrected chi connectivity index (χ0v) is 9.87. The van der Waals surface area contributed by atoms with Gasteiger partial charge in [0.2, 0.25) is 11.0 Å². The first-order valence-corrected chi connectivity index (χ1v) is 5.48. The van der Waals surface area contributed by atoms with Crippen molar-refractivity contribution in [1.29, 1.82) is 0 Å². The van der Waals surface area contributed by atoms with Crippen LogP contribution in [-0.2, 0) is 10.7 Å². The number of aromatic nitrogens is 2. The molecule has 1 N–H and O–H groups in total. The molecule has 0 radical (unpaired) electrons. The number of amides is 1. The Hall–Kier alpha value is -0.680. The Balaban J connectivity index is 2.65. The van der Waals surface area contributed by atoms with E-state index in [1.807, 2.05) is 20.8 Å². The van der Waals surface area contributed by atoms with Crippen LogP contribution in [0.25, 0.3) is 0 Å². The summed E-state index contributed by atoms with van der Waals surface area (Å²) in [6.07, 6.45) is 0. The molecule has 1 heterocycles. The quantitative estimate of drug-likeness (QED) is 0.798. The van der Waals surface area contributed by atoms with Gasteiger partial charge in [-0.3, -0.25) is 4.79 Å². The topological polar surface area (TPSA) is 54.9 Å². The van der Waals surface area contributed by atoms with Gasteiger partial charge >= 0.3 is 0 Å². The van der Waals surface area contributed by atoms with Crippen molar-refractivity contribution in [3.63, 3.8) is 0 Å². The van der Waals surface area contributed by atoms with Crippen LogP contribution in [0.5, 0.6) is 0 Å². The Morgan fingerprint density at radius 3 is 2.57 bits per heavy atom. The van der Waals surface area contributed by atoms with Crippen molar-refractivity contribution >= 4 is 34.0 Å². The lowest BCUT2D eigenvalue weighted by molar-refractivity contribution is -0.123. The molecule has 6 heteroatoms. The van der Waals surface area contributed by atoms with E-state index < -0.39 is 5.41 Å². The molecule has 0 atom stereocenters. The van der Waals surface area contributed by atoms with E-state index in [-0.39, 0.29) is 5.91 Å². The first-order chi connectivity index (χ1) is 6.43. The third kappa shape index (κ3) is 2.92. The summed E-state index contributed by atoms with van der Waals surface area (Å²) in [6.45, 7) is 5.52. The highest BCUT2D eigenvalue weighted by molar-refractivity contribution is 7.15. The van der Waals surface area contributed by atoms with Gasteiger partial charge in [0.15, 0.2) is 0 Å². The predicted molar refractivity (Wildman–Crippen MR) is 57.6 cm³/mol. The van der Waals surface area contributed by atoms with Crippen LogP contribution in [0.1, 0.15) is 25.8 Å². The second-order valence-electron chi connectivity index (χ2n) is 3.84. The lowest BCUT2D eigenvalue weighted by atomic mass is 9.96. The highest BCUT2D eigenvalue weighted by atomic mass is 35.5. The van der Waals surface area contributed by atoms with Gasteiger partial charge in [-0.25, -0.2) is 0 Å². The molecule has 0 saturated carbocycles. The molecule has 4 nitrogen and oxygen atoms in total. The van der Waals surface area contributed by atoms with E-state index in [1.54, 1.807) is 0 Å². The Morgan fingerprint density at radius 1 is 1.50 bits per heavy atom. The maximum atomic E-state index is 11.5. The first-order valence-electron chi connectivity index (χ1n) is 4.13. The second kappa shape index (κ2) is 4.23. The summed E-state index contributed by atoms with van der Waals surface area (Å²) in [7, 11) is 0. The smallest absolute Gasteiger partial charge is 0.231 e. The molecular formula is C8H12ClN3OS. The normalized spacial score (nSPS) is 11.4. The number of carbonyl (C=O) groups excluding carboxylic acids is 1. The molecule has 0 aliphatic heterocycles. The van der Waals surface area contributed by atoms with E-state index in [4.69, 9.17) is 11.6 Å². The van der Waals surface area contributed by atoms with E-state index in [0.29, 0.717) is 16.0 Å². The number of carbonyl (C=O) groups is 1. The van der Waals surface area contributed by atoms with Crippen LogP contribution in [0.4, 0.5) is 5.13 Å². The monoisotopic (exact) mass is 233 g/mol. The molecule has 1 amide bonds. The van der Waals surface area contributed by atoms with E-state index in [1.165, 1.54) is 11.3 Å². The maximum Gasteiger partial charge on any atom is 0.231 e. The first kappa shape index (κ1) is 11.4. The number of hydrogen-bond donors (Lipinski definition) is 1. The zero-order valence-electron chi connectivity index (χ0n) is 8.30. The van der Waals surface area contributed by atoms with Gasteiger partial charge < -0.3 is 5.32 Å². The predicted octanol–water partition coefficient (Wildman–Crippen LogP) is 2.26. The number of anilines is 1. The second-order valence-corrected chi connectivity index (χ2v) is 5.17. The molecule has 0 unspecified atom stereocenters. The molecule has 0 bridgehead atoms. The van der Waals surface area contributed by atoms with Crippen molar-refractivity contribution in [3.8, 4) is 0 Å². The van der Waals surface area contributed by atoms with Crippen LogP contribution in [0, 0.1) is 5.41 Å². The largest absolute Gasteiger partial charge is 0.300 e. The van der Waals surface area contributed by atoms with Crippen LogP contribution in [-0.4, -0.2) is 16.1 Å². The fourth-order valence-electron chi connectivity index (χ4n) is 0.643. The summed E-state index contributed by atoms with van der Waals surface area (Å²) in [4.78, 5) is 11.5. The van der Waals surface area contributed by atoms with Crippen LogP contribution in [0.3, 0.4) is 0 Å². The highest BCUT2D eigenvalue weighted by Gasteiger charge is 2.22. The molecule has 1 aromatic heterocycles. The van der Waals surface area contributed by atoms with Gasteiger partial charge in [0.25, 0.3) is 0 Å². The number of alkyl halides is 1. The Morgan fingerprint density at radius 2 is 2.14 bits per heavy atom. The zero-order chi connectivity index (χ0) is 10.8. The summed E-state index contributed by atoms with van der Waals surface area (Å²) >= 11 is 6.85. The van der Waals surface area contributed by atoms with Gasteiger partial charge in [0, 0.05) is 5.41 Å². The fourth-order valence-corrected chi connectivity index (χ4v) is 1.44. The molecular weight excluding hydrogens is 222 g/mol. The lowest BCUT2D eigenvalue weighted by Crippen LogP contribution is -2.27. The van der Waals surface area contributed by atoms with E-state index in [9.17, 15) is 4.79 Å². The van der Waals surface area contributed by atoms with Crippen LogP contribution in [0.2, 0.25) is 0 Å². The summed E-state index contributed by atoms with van der Waals surface area (Å²) in [5, 5.41) is 11.5. The van der Waals surface area contributed by atoms with Crippen molar-refractivity contribution in [2.45, 2.75) is 26.7 Å². The standard InChI is InChI=1S/C8H12ClN3OS/c1-8(2,3)6(13)10-7-12-11-5(4-9)14-7/h4H2,1-3H3,(H,10,12,13). The van der Waals surface area contributed by atoms with Crippen molar-refractivity contribution in [2.75, 3.05) is 5.32 Å². The number of hydrogen-bond acceptors (Lipinski definition) is 4. The summed E-state index contributed by atoms with van der Waals surface area (Å²) in [6, 6.07) is 0. The Labute approximate surface area is 91.7 Å². The van der Waals surface area contributed by atoms with Crippen LogP contribution >= 0.6 is 22.9 Å². The molecule has 1 aromatic rings. The van der Waals surface area contributed by atoms with Gasteiger partial charge in [0.05, 0.1) is 5.88 Å². The molecule has 1 rings (SSSR count). The summed E-state index contributed by atoms with van der Waals surface area (Å²) in [5.74, 6) is 0.248. The highest BCUT2D eigenvalue weighted by Crippen LogP contribution is 2.20. The SMILES string of the molecule is CC(C)(C)C(=O)Nc1nnc(CCl)s1. The minimum atomic E-state index is -0.424. The molecule has 78 valence electrons. The van der Waals surface area contributed by atoms with Crippen LogP contribution in [0.15, 0.2) is 0 Å². The molecule has 0 aromatic carbocycles. The fraction of sp³-hybridized carbons (Fsp3) is 0.625. The summed E-state index contributed by atoms with van der Waals surface area (Å²) < 4.78 is 0. The van der Waals surface area contributed by atoms with E-state index in [0.717, 1.165) is 0 Å². The maximum absolute atomic E-state index is 11.5. The molecule has 0 saturated heterocycles. The number of halogens is 1. The Bertz CT molecular complexity index is 332. The van der Waals surface area contributed by atoms with Gasteiger partial charge in [0.1, 0.15) is 5.01 Å². The number of nitrogens with zero attached hydrogens (tertiary/aromatic N) is 2. The minimum Gasteiger partial charge on any atom is -0.300 e. The van der Waals surface area contributed by atoms with Gasteiger partial charge in [-0.05, 0) is 0 Å². The van der Waals surface area contributed by atoms with E-state index >= 15 is 0 Å². The lowest BCUT2D eigenvalue weighted by Gasteiger charge is -2.15. The molecule has 0 aliphatic carbocycles. The molecule has 0 aliphatic rings. The van der Waals surface area contributed by atoms with Crippen molar-refractivity contribution in [1.82, 2.24) is 10.2 Å². The van der Waals surface area contributed by atoms with Crippen molar-refractivity contribution in [3.05, 3.63) is 5.01 Å². The van der Waals surface area contributed by atoms with Gasteiger partial charge in [-0.15, -0.1) is 21.8 Å². The molecule has 14 heavy (non-hydrogen) atoms. The van der Waals surface area contributed by atoms with Crippen molar-refractivity contribution in [2.24, 2.45) is 5.41 Å². The average Bonchev–Trinajstić information content (AvgIpc) is 2.50. The van der Waals surface area contributed by atoms with Gasteiger partial charge in [-0.1, -0.05) is 32.1 Å². The van der Waals surface area contributed by atoms with Crippen molar-refractivity contribution < 1.29 is 4.79 Å². The number of nitrogens with one attached hydrogen (secondary N) is 1. The third-order valence-corrected chi connectivity index (χ3v) is 2.73. The van der Waals surface area contributed by atoms with Crippen LogP contribution < -0.4 is 5.32 Å². The average molecular weight is 234 g/mol. The Kier molecular flexibility index (Phi) is 3.44. The molecule has 0 spiro atoms. The minimum absolute atomic E-state index is 0.0743. The third-order valence-electron chi connectivity index (χ3n) is 1.48. The van der Waals surface area contributed by atoms with E-state index in [2.05, 4.69) is 15.5 Å². The van der Waals surface area contributed by atoms with Gasteiger partial charge in [-0.2, -0.15) is 0 Å². The number of rotatable bonds is 2. The summed E-state index contributed by atoms with van der Waals surface area (Å²) in [5.41, 5.74) is -0.424. The molecule has 0 fully saturated rings.